The number of rotatable bonds is 7. The highest BCUT2D eigenvalue weighted by atomic mass is 16.6. The summed E-state index contributed by atoms with van der Waals surface area (Å²) in [6, 6.07) is 0. The van der Waals surface area contributed by atoms with E-state index in [-0.39, 0.29) is 17.8 Å². The summed E-state index contributed by atoms with van der Waals surface area (Å²) in [5.41, 5.74) is -0.427. The van der Waals surface area contributed by atoms with E-state index in [1.165, 1.54) is 12.8 Å². The summed E-state index contributed by atoms with van der Waals surface area (Å²) >= 11 is 0. The minimum Gasteiger partial charge on any atom is -0.460 e. The van der Waals surface area contributed by atoms with E-state index in [1.807, 2.05) is 34.6 Å². The van der Waals surface area contributed by atoms with E-state index in [4.69, 9.17) is 9.26 Å². The van der Waals surface area contributed by atoms with Gasteiger partial charge < -0.3 is 9.26 Å². The Hall–Kier alpha value is -1.39. The van der Waals surface area contributed by atoms with Crippen LogP contribution in [0, 0.1) is 18.8 Å². The Labute approximate surface area is 132 Å². The second kappa shape index (κ2) is 6.80. The third-order valence-corrected chi connectivity index (χ3v) is 3.98. The lowest BCUT2D eigenvalue weighted by molar-refractivity contribution is -0.159. The number of hydrogen-bond acceptors (Lipinski definition) is 5. The Morgan fingerprint density at radius 1 is 1.36 bits per heavy atom. The van der Waals surface area contributed by atoms with E-state index < -0.39 is 5.60 Å². The molecule has 0 amide bonds. The molecule has 0 bridgehead atoms. The molecule has 1 saturated carbocycles. The van der Waals surface area contributed by atoms with Gasteiger partial charge in [-0.3, -0.25) is 4.79 Å². The Kier molecular flexibility index (Phi) is 5.24. The van der Waals surface area contributed by atoms with Crippen LogP contribution >= 0.6 is 0 Å². The van der Waals surface area contributed by atoms with Crippen molar-refractivity contribution in [1.82, 2.24) is 10.1 Å². The van der Waals surface area contributed by atoms with Gasteiger partial charge in [0.15, 0.2) is 5.82 Å². The van der Waals surface area contributed by atoms with Crippen LogP contribution in [0.15, 0.2) is 4.52 Å². The van der Waals surface area contributed by atoms with Crippen molar-refractivity contribution in [1.29, 1.82) is 0 Å². The maximum Gasteiger partial charge on any atom is 0.309 e. The van der Waals surface area contributed by atoms with Gasteiger partial charge in [0.25, 0.3) is 0 Å². The first-order valence-corrected chi connectivity index (χ1v) is 8.27. The molecule has 0 radical (unpaired) electrons. The van der Waals surface area contributed by atoms with Crippen molar-refractivity contribution < 1.29 is 14.1 Å². The molecule has 0 aromatic carbocycles. The summed E-state index contributed by atoms with van der Waals surface area (Å²) in [6.45, 7) is 9.44. The van der Waals surface area contributed by atoms with Gasteiger partial charge in [-0.05, 0) is 46.0 Å². The normalized spacial score (nSPS) is 18.0. The molecule has 0 saturated heterocycles. The van der Waals surface area contributed by atoms with Crippen molar-refractivity contribution in [2.45, 2.75) is 78.2 Å². The minimum absolute atomic E-state index is 0.103. The molecule has 2 rings (SSSR count). The number of esters is 1. The average molecular weight is 308 g/mol. The smallest absolute Gasteiger partial charge is 0.309 e. The third-order valence-electron chi connectivity index (χ3n) is 3.98. The predicted molar refractivity (Wildman–Crippen MR) is 83.4 cm³/mol. The van der Waals surface area contributed by atoms with Crippen LogP contribution < -0.4 is 0 Å². The highest BCUT2D eigenvalue weighted by molar-refractivity contribution is 5.72. The predicted octanol–water partition coefficient (Wildman–Crippen LogP) is 4.02. The molecule has 22 heavy (non-hydrogen) atoms. The van der Waals surface area contributed by atoms with Crippen molar-refractivity contribution in [2.75, 3.05) is 0 Å². The molecule has 124 valence electrons. The summed E-state index contributed by atoms with van der Waals surface area (Å²) in [6.07, 6.45) is 5.39. The quantitative estimate of drug-likeness (QED) is 0.712. The van der Waals surface area contributed by atoms with Gasteiger partial charge >= 0.3 is 5.97 Å². The van der Waals surface area contributed by atoms with E-state index in [0.717, 1.165) is 31.0 Å². The van der Waals surface area contributed by atoms with Gasteiger partial charge in [0, 0.05) is 12.8 Å². The van der Waals surface area contributed by atoms with Crippen LogP contribution in [0.2, 0.25) is 0 Å². The second-order valence-corrected chi connectivity index (χ2v) is 7.56. The molecule has 1 aliphatic carbocycles. The Balaban J connectivity index is 1.89. The van der Waals surface area contributed by atoms with E-state index in [1.54, 1.807) is 0 Å². The molecule has 1 heterocycles. The molecule has 5 heteroatoms. The number of aromatic nitrogens is 2. The molecule has 1 aliphatic rings. The van der Waals surface area contributed by atoms with Crippen LogP contribution in [0.4, 0.5) is 0 Å². The molecule has 5 nitrogen and oxygen atoms in total. The van der Waals surface area contributed by atoms with Crippen LogP contribution in [0.25, 0.3) is 0 Å². The number of ether oxygens (including phenoxy) is 1. The summed E-state index contributed by atoms with van der Waals surface area (Å²) in [5.74, 6) is 2.25. The topological polar surface area (TPSA) is 65.2 Å². The first kappa shape index (κ1) is 17.0. The highest BCUT2D eigenvalue weighted by Gasteiger charge is 2.30. The molecule has 0 aliphatic heterocycles. The molecule has 0 spiro atoms. The Bertz CT molecular complexity index is 500. The maximum atomic E-state index is 12.1. The fraction of sp³-hybridized carbons (Fsp3) is 0.824. The third kappa shape index (κ3) is 5.43. The van der Waals surface area contributed by atoms with Gasteiger partial charge in [-0.25, -0.2) is 0 Å². The van der Waals surface area contributed by atoms with E-state index in [2.05, 4.69) is 10.1 Å². The van der Waals surface area contributed by atoms with Crippen LogP contribution in [0.5, 0.6) is 0 Å². The van der Waals surface area contributed by atoms with Gasteiger partial charge in [0.1, 0.15) is 5.60 Å². The second-order valence-electron chi connectivity index (χ2n) is 7.56. The first-order chi connectivity index (χ1) is 10.2. The van der Waals surface area contributed by atoms with Crippen LogP contribution in [0.1, 0.15) is 77.4 Å². The summed E-state index contributed by atoms with van der Waals surface area (Å²) in [4.78, 5) is 16.5. The van der Waals surface area contributed by atoms with E-state index in [0.29, 0.717) is 5.89 Å². The van der Waals surface area contributed by atoms with Gasteiger partial charge in [-0.1, -0.05) is 24.9 Å². The van der Waals surface area contributed by atoms with Gasteiger partial charge in [0.2, 0.25) is 5.89 Å². The van der Waals surface area contributed by atoms with Crippen LogP contribution in [-0.4, -0.2) is 21.7 Å². The number of aryl methyl sites for hydroxylation is 1. The van der Waals surface area contributed by atoms with E-state index >= 15 is 0 Å². The summed E-state index contributed by atoms with van der Waals surface area (Å²) < 4.78 is 10.6. The van der Waals surface area contributed by atoms with Crippen molar-refractivity contribution in [3.8, 4) is 0 Å². The largest absolute Gasteiger partial charge is 0.460 e. The first-order valence-electron chi connectivity index (χ1n) is 8.27. The molecule has 1 aromatic rings. The zero-order valence-electron chi connectivity index (χ0n) is 14.4. The molecule has 0 N–H and O–H groups in total. The number of carbonyl (C=O) groups excluding carboxylic acids is 1. The maximum absolute atomic E-state index is 12.1. The fourth-order valence-electron chi connectivity index (χ4n) is 2.56. The lowest BCUT2D eigenvalue weighted by Crippen LogP contribution is -2.27. The van der Waals surface area contributed by atoms with Gasteiger partial charge in [-0.2, -0.15) is 4.98 Å². The van der Waals surface area contributed by atoms with Crippen molar-refractivity contribution in [3.05, 3.63) is 11.7 Å². The highest BCUT2D eigenvalue weighted by Crippen LogP contribution is 2.40. The van der Waals surface area contributed by atoms with Crippen molar-refractivity contribution in [2.24, 2.45) is 11.8 Å². The molecule has 2 atom stereocenters. The van der Waals surface area contributed by atoms with Gasteiger partial charge in [0.05, 0.1) is 5.92 Å². The van der Waals surface area contributed by atoms with E-state index in [9.17, 15) is 4.79 Å². The molecule has 1 aromatic heterocycles. The van der Waals surface area contributed by atoms with Crippen molar-refractivity contribution in [3.63, 3.8) is 0 Å². The standard InChI is InChI=1S/C17H28N2O3/c1-11(16(20)21-17(3,4)5)6-9-14(10-13-7-8-13)15-18-12(2)22-19-15/h11,13-14H,6-10H2,1-5H3/t11?,14-/m0/s1. The summed E-state index contributed by atoms with van der Waals surface area (Å²) in [5, 5.41) is 4.08. The molecule has 1 unspecified atom stereocenters. The van der Waals surface area contributed by atoms with Crippen LogP contribution in [0.3, 0.4) is 0 Å². The average Bonchev–Trinajstić information content (AvgIpc) is 3.12. The lowest BCUT2D eigenvalue weighted by atomic mass is 9.92. The zero-order chi connectivity index (χ0) is 16.3. The summed E-state index contributed by atoms with van der Waals surface area (Å²) in [7, 11) is 0. The minimum atomic E-state index is -0.427. The SMILES string of the molecule is Cc1nc([C@@H](CCC(C)C(=O)OC(C)(C)C)CC2CC2)no1. The number of carbonyl (C=O) groups is 1. The monoisotopic (exact) mass is 308 g/mol. The number of nitrogens with zero attached hydrogens (tertiary/aromatic N) is 2. The zero-order valence-corrected chi connectivity index (χ0v) is 14.4. The number of hydrogen-bond donors (Lipinski definition) is 0. The Morgan fingerprint density at radius 3 is 2.55 bits per heavy atom. The van der Waals surface area contributed by atoms with Crippen LogP contribution in [-0.2, 0) is 9.53 Å². The lowest BCUT2D eigenvalue weighted by Gasteiger charge is -2.23. The Morgan fingerprint density at radius 2 is 2.05 bits per heavy atom. The van der Waals surface area contributed by atoms with Crippen molar-refractivity contribution >= 4 is 5.97 Å². The van der Waals surface area contributed by atoms with Gasteiger partial charge in [-0.15, -0.1) is 0 Å². The fourth-order valence-corrected chi connectivity index (χ4v) is 2.56. The molecule has 1 fully saturated rings. The molecular formula is C17H28N2O3. The molecular weight excluding hydrogens is 280 g/mol.